The van der Waals surface area contributed by atoms with Gasteiger partial charge in [0.2, 0.25) is 0 Å². The minimum absolute atomic E-state index is 0.283. The van der Waals surface area contributed by atoms with Gasteiger partial charge in [-0.15, -0.1) is 0 Å². The van der Waals surface area contributed by atoms with Crippen LogP contribution in [0.25, 0.3) is 0 Å². The number of nitrogens with zero attached hydrogens (tertiary/aromatic N) is 1. The predicted octanol–water partition coefficient (Wildman–Crippen LogP) is 2.25. The van der Waals surface area contributed by atoms with E-state index in [0.29, 0.717) is 6.61 Å². The first kappa shape index (κ1) is 11.9. The predicted molar refractivity (Wildman–Crippen MR) is 60.7 cm³/mol. The van der Waals surface area contributed by atoms with Gasteiger partial charge in [0.25, 0.3) is 0 Å². The summed E-state index contributed by atoms with van der Waals surface area (Å²) in [6, 6.07) is 2.43. The lowest BCUT2D eigenvalue weighted by atomic mass is 9.62. The van der Waals surface area contributed by atoms with Gasteiger partial charge in [0.05, 0.1) is 18.1 Å². The van der Waals surface area contributed by atoms with E-state index in [1.165, 1.54) is 6.42 Å². The van der Waals surface area contributed by atoms with Gasteiger partial charge in [-0.25, -0.2) is 0 Å². The van der Waals surface area contributed by atoms with Gasteiger partial charge in [-0.1, -0.05) is 19.3 Å². The summed E-state index contributed by atoms with van der Waals surface area (Å²) in [7, 11) is 1.61. The molecule has 1 unspecified atom stereocenters. The molecule has 2 rings (SSSR count). The molecule has 0 radical (unpaired) electrons. The fraction of sp³-hybridized carbons (Fsp3) is 0.923. The van der Waals surface area contributed by atoms with Gasteiger partial charge in [0, 0.05) is 7.11 Å². The third kappa shape index (κ3) is 1.74. The van der Waals surface area contributed by atoms with Gasteiger partial charge in [-0.2, -0.15) is 5.26 Å². The Hall–Kier alpha value is -0.590. The molecular weight excluding hydrogens is 202 g/mol. The van der Waals surface area contributed by atoms with Gasteiger partial charge in [0.15, 0.2) is 0 Å². The molecule has 0 saturated heterocycles. The maximum atomic E-state index is 10.9. The Labute approximate surface area is 97.4 Å². The third-order valence-electron chi connectivity index (χ3n) is 4.37. The van der Waals surface area contributed by atoms with E-state index >= 15 is 0 Å². The van der Waals surface area contributed by atoms with E-state index in [1.54, 1.807) is 7.11 Å². The first-order valence-electron chi connectivity index (χ1n) is 6.31. The summed E-state index contributed by atoms with van der Waals surface area (Å²) in [6.07, 6.45) is 7.07. The molecule has 3 nitrogen and oxygen atoms in total. The minimum Gasteiger partial charge on any atom is -0.386 e. The lowest BCUT2D eigenvalue weighted by molar-refractivity contribution is -0.130. The maximum Gasteiger partial charge on any atom is 0.109 e. The molecule has 2 aliphatic rings. The van der Waals surface area contributed by atoms with Crippen molar-refractivity contribution in [3.8, 4) is 6.07 Å². The van der Waals surface area contributed by atoms with Crippen LogP contribution in [0, 0.1) is 22.7 Å². The second-order valence-electron chi connectivity index (χ2n) is 5.39. The minimum atomic E-state index is -0.906. The zero-order chi connectivity index (χ0) is 11.6. The second-order valence-corrected chi connectivity index (χ2v) is 5.39. The Bertz CT molecular complexity index is 287. The van der Waals surface area contributed by atoms with Gasteiger partial charge >= 0.3 is 0 Å². The first-order valence-corrected chi connectivity index (χ1v) is 6.31. The van der Waals surface area contributed by atoms with Crippen LogP contribution in [-0.2, 0) is 4.74 Å². The zero-order valence-corrected chi connectivity index (χ0v) is 10.0. The highest BCUT2D eigenvalue weighted by Crippen LogP contribution is 2.54. The zero-order valence-electron chi connectivity index (χ0n) is 10.0. The van der Waals surface area contributed by atoms with Gasteiger partial charge < -0.3 is 9.84 Å². The fourth-order valence-corrected chi connectivity index (χ4v) is 3.22. The number of nitriles is 1. The Balaban J connectivity index is 2.25. The van der Waals surface area contributed by atoms with Gasteiger partial charge in [0.1, 0.15) is 5.60 Å². The Morgan fingerprint density at radius 2 is 2.00 bits per heavy atom. The Kier molecular flexibility index (Phi) is 3.23. The fourth-order valence-electron chi connectivity index (χ4n) is 3.22. The van der Waals surface area contributed by atoms with Crippen molar-refractivity contribution < 1.29 is 9.84 Å². The number of hydrogen-bond acceptors (Lipinski definition) is 3. The molecule has 1 N–H and O–H groups in total. The normalized spacial score (nSPS) is 28.1. The molecule has 0 aromatic heterocycles. The smallest absolute Gasteiger partial charge is 0.109 e. The van der Waals surface area contributed by atoms with Crippen molar-refractivity contribution >= 4 is 0 Å². The van der Waals surface area contributed by atoms with Crippen molar-refractivity contribution in [2.24, 2.45) is 11.3 Å². The van der Waals surface area contributed by atoms with Crippen LogP contribution in [0.15, 0.2) is 0 Å². The van der Waals surface area contributed by atoms with Crippen LogP contribution in [0.1, 0.15) is 44.9 Å². The second kappa shape index (κ2) is 4.35. The van der Waals surface area contributed by atoms with Crippen molar-refractivity contribution in [3.05, 3.63) is 0 Å². The van der Waals surface area contributed by atoms with Crippen LogP contribution < -0.4 is 0 Å². The largest absolute Gasteiger partial charge is 0.386 e. The Morgan fingerprint density at radius 1 is 1.38 bits per heavy atom. The summed E-state index contributed by atoms with van der Waals surface area (Å²) in [5.41, 5.74) is -1.46. The quantitative estimate of drug-likeness (QED) is 0.795. The highest BCUT2D eigenvalue weighted by molar-refractivity contribution is 5.17. The molecule has 16 heavy (non-hydrogen) atoms. The lowest BCUT2D eigenvalue weighted by Crippen LogP contribution is -2.53. The number of hydrogen-bond donors (Lipinski definition) is 1. The summed E-state index contributed by atoms with van der Waals surface area (Å²) in [5, 5.41) is 20.4. The number of rotatable bonds is 4. The molecule has 0 aliphatic heterocycles. The van der Waals surface area contributed by atoms with Crippen LogP contribution >= 0.6 is 0 Å². The molecule has 3 heteroatoms. The van der Waals surface area contributed by atoms with E-state index in [4.69, 9.17) is 4.74 Å². The van der Waals surface area contributed by atoms with Crippen molar-refractivity contribution in [1.29, 1.82) is 5.26 Å². The topological polar surface area (TPSA) is 53.2 Å². The third-order valence-corrected chi connectivity index (χ3v) is 4.37. The summed E-state index contributed by atoms with van der Waals surface area (Å²) < 4.78 is 5.19. The van der Waals surface area contributed by atoms with Gasteiger partial charge in [-0.05, 0) is 31.6 Å². The van der Waals surface area contributed by atoms with E-state index in [9.17, 15) is 10.4 Å². The van der Waals surface area contributed by atoms with Crippen molar-refractivity contribution in [2.45, 2.75) is 50.5 Å². The summed E-state index contributed by atoms with van der Waals surface area (Å²) in [6.45, 7) is 0.311. The number of aliphatic hydroxyl groups is 1. The van der Waals surface area contributed by atoms with E-state index in [2.05, 4.69) is 6.07 Å². The number of methoxy groups -OCH3 is 1. The maximum absolute atomic E-state index is 10.9. The first-order chi connectivity index (χ1) is 7.68. The van der Waals surface area contributed by atoms with Crippen molar-refractivity contribution in [1.82, 2.24) is 0 Å². The molecule has 0 amide bonds. The van der Waals surface area contributed by atoms with E-state index < -0.39 is 11.0 Å². The molecule has 2 saturated carbocycles. The molecular formula is C13H21NO2. The van der Waals surface area contributed by atoms with E-state index in [1.807, 2.05) is 0 Å². The molecule has 2 fully saturated rings. The van der Waals surface area contributed by atoms with Crippen LogP contribution in [0.2, 0.25) is 0 Å². The van der Waals surface area contributed by atoms with Crippen LogP contribution in [0.5, 0.6) is 0 Å². The standard InChI is InChI=1S/C13H21NO2/c1-16-10-13(15,11-5-6-11)12(9-14)7-3-2-4-8-12/h11,15H,2-8,10H2,1H3. The summed E-state index contributed by atoms with van der Waals surface area (Å²) in [4.78, 5) is 0. The number of ether oxygens (including phenoxy) is 1. The SMILES string of the molecule is COCC(O)(C1CC1)C1(C#N)CCCCC1. The van der Waals surface area contributed by atoms with E-state index in [0.717, 1.165) is 38.5 Å². The molecule has 0 heterocycles. The molecule has 1 atom stereocenters. The molecule has 2 aliphatic carbocycles. The van der Waals surface area contributed by atoms with Crippen LogP contribution in [-0.4, -0.2) is 24.4 Å². The average Bonchev–Trinajstić information content (AvgIpc) is 3.14. The van der Waals surface area contributed by atoms with E-state index in [-0.39, 0.29) is 5.92 Å². The lowest BCUT2D eigenvalue weighted by Gasteiger charge is -2.45. The molecule has 0 bridgehead atoms. The van der Waals surface area contributed by atoms with Crippen LogP contribution in [0.4, 0.5) is 0 Å². The summed E-state index contributed by atoms with van der Waals surface area (Å²) >= 11 is 0. The van der Waals surface area contributed by atoms with Crippen molar-refractivity contribution in [3.63, 3.8) is 0 Å². The Morgan fingerprint density at radius 3 is 2.44 bits per heavy atom. The molecule has 90 valence electrons. The van der Waals surface area contributed by atoms with Crippen molar-refractivity contribution in [2.75, 3.05) is 13.7 Å². The molecule has 0 spiro atoms. The average molecular weight is 223 g/mol. The molecule has 0 aromatic carbocycles. The summed E-state index contributed by atoms with van der Waals surface area (Å²) in [5.74, 6) is 0.283. The monoisotopic (exact) mass is 223 g/mol. The van der Waals surface area contributed by atoms with Gasteiger partial charge in [-0.3, -0.25) is 0 Å². The van der Waals surface area contributed by atoms with Crippen LogP contribution in [0.3, 0.4) is 0 Å². The highest BCUT2D eigenvalue weighted by Gasteiger charge is 2.58. The molecule has 0 aromatic rings. The highest BCUT2D eigenvalue weighted by atomic mass is 16.5.